The smallest absolute Gasteiger partial charge is 0.305 e. The average molecular weight is 320 g/mol. The van der Waals surface area contributed by atoms with Crippen LogP contribution < -0.4 is 0 Å². The highest BCUT2D eigenvalue weighted by atomic mass is 79.9. The van der Waals surface area contributed by atoms with Gasteiger partial charge in [-0.2, -0.15) is 0 Å². The highest BCUT2D eigenvalue weighted by molar-refractivity contribution is 9.11. The topological polar surface area (TPSA) is 49.8 Å². The van der Waals surface area contributed by atoms with E-state index >= 15 is 0 Å². The molecule has 1 fully saturated rings. The molecule has 1 aliphatic heterocycles. The van der Waals surface area contributed by atoms with Crippen molar-refractivity contribution in [3.63, 3.8) is 0 Å². The molecule has 1 atom stereocenters. The lowest BCUT2D eigenvalue weighted by molar-refractivity contribution is -0.139. The fourth-order valence-corrected chi connectivity index (χ4v) is 3.53. The van der Waals surface area contributed by atoms with E-state index in [0.717, 1.165) is 21.8 Å². The minimum absolute atomic E-state index is 0.0345. The lowest BCUT2D eigenvalue weighted by Crippen LogP contribution is -2.39. The number of rotatable bonds is 4. The van der Waals surface area contributed by atoms with Crippen LogP contribution in [0.4, 0.5) is 0 Å². The fraction of sp³-hybridized carbons (Fsp3) is 0.545. The van der Waals surface area contributed by atoms with E-state index in [4.69, 9.17) is 9.84 Å². The second-order valence-corrected chi connectivity index (χ2v) is 6.40. The molecule has 1 unspecified atom stereocenters. The van der Waals surface area contributed by atoms with Gasteiger partial charge in [0.05, 0.1) is 29.5 Å². The van der Waals surface area contributed by atoms with Crippen LogP contribution in [0, 0.1) is 0 Å². The first-order chi connectivity index (χ1) is 8.16. The summed E-state index contributed by atoms with van der Waals surface area (Å²) in [5.74, 6) is -0.758. The molecule has 0 aliphatic carbocycles. The zero-order valence-electron chi connectivity index (χ0n) is 9.26. The summed E-state index contributed by atoms with van der Waals surface area (Å²) in [6.45, 7) is 2.96. The Morgan fingerprint density at radius 3 is 2.76 bits per heavy atom. The van der Waals surface area contributed by atoms with Gasteiger partial charge >= 0.3 is 5.97 Å². The average Bonchev–Trinajstić information content (AvgIpc) is 2.73. The van der Waals surface area contributed by atoms with Gasteiger partial charge in [-0.05, 0) is 28.1 Å². The first-order valence-electron chi connectivity index (χ1n) is 5.45. The third-order valence-electron chi connectivity index (χ3n) is 2.78. The van der Waals surface area contributed by atoms with Crippen LogP contribution in [0.15, 0.2) is 15.9 Å². The minimum atomic E-state index is -0.758. The molecule has 0 aromatic carbocycles. The first kappa shape index (κ1) is 13.0. The van der Waals surface area contributed by atoms with Crippen LogP contribution in [-0.2, 0) is 9.53 Å². The highest BCUT2D eigenvalue weighted by Crippen LogP contribution is 2.33. The van der Waals surface area contributed by atoms with Gasteiger partial charge in [0.1, 0.15) is 0 Å². The number of carboxylic acid groups (broad SMARTS) is 1. The predicted octanol–water partition coefficient (Wildman–Crippen LogP) is 2.36. The zero-order valence-corrected chi connectivity index (χ0v) is 11.7. The Morgan fingerprint density at radius 2 is 2.24 bits per heavy atom. The van der Waals surface area contributed by atoms with Crippen molar-refractivity contribution in [2.75, 3.05) is 26.3 Å². The van der Waals surface area contributed by atoms with Crippen LogP contribution in [-0.4, -0.2) is 42.3 Å². The monoisotopic (exact) mass is 319 g/mol. The van der Waals surface area contributed by atoms with Crippen molar-refractivity contribution in [1.29, 1.82) is 0 Å². The summed E-state index contributed by atoms with van der Waals surface area (Å²) < 4.78 is 6.34. The van der Waals surface area contributed by atoms with Gasteiger partial charge in [0.25, 0.3) is 0 Å². The van der Waals surface area contributed by atoms with Crippen LogP contribution in [0.25, 0.3) is 0 Å². The number of morpholine rings is 1. The minimum Gasteiger partial charge on any atom is -0.481 e. The molecule has 2 rings (SSSR count). The van der Waals surface area contributed by atoms with E-state index < -0.39 is 5.97 Å². The predicted molar refractivity (Wildman–Crippen MR) is 69.4 cm³/mol. The number of halogens is 1. The second-order valence-electron chi connectivity index (χ2n) is 3.90. The number of carboxylic acids is 1. The number of hydrogen-bond donors (Lipinski definition) is 1. The Kier molecular flexibility index (Phi) is 4.55. The summed E-state index contributed by atoms with van der Waals surface area (Å²) in [7, 11) is 0. The normalized spacial score (nSPS) is 19.1. The molecule has 0 saturated carbocycles. The number of thiophene rings is 1. The standard InChI is InChI=1S/C11H14BrNO3S/c12-10-2-1-9(17-10)8(7-11(14)15)13-3-5-16-6-4-13/h1-2,8H,3-7H2,(H,14,15). The molecule has 6 heteroatoms. The Balaban J connectivity index is 2.14. The van der Waals surface area contributed by atoms with E-state index in [1.807, 2.05) is 12.1 Å². The molecule has 0 bridgehead atoms. The summed E-state index contributed by atoms with van der Waals surface area (Å²) in [6, 6.07) is 3.93. The highest BCUT2D eigenvalue weighted by Gasteiger charge is 2.25. The third-order valence-corrected chi connectivity index (χ3v) is 4.50. The molecule has 0 amide bonds. The SMILES string of the molecule is O=C(O)CC(c1ccc(Br)s1)N1CCOCC1. The molecule has 2 heterocycles. The van der Waals surface area contributed by atoms with Gasteiger partial charge < -0.3 is 9.84 Å². The maximum Gasteiger partial charge on any atom is 0.305 e. The van der Waals surface area contributed by atoms with Crippen molar-refractivity contribution < 1.29 is 14.6 Å². The third kappa shape index (κ3) is 3.51. The lowest BCUT2D eigenvalue weighted by Gasteiger charge is -2.33. The van der Waals surface area contributed by atoms with Crippen molar-refractivity contribution in [1.82, 2.24) is 4.90 Å². The van der Waals surface area contributed by atoms with Gasteiger partial charge in [-0.1, -0.05) is 0 Å². The molecule has 1 aromatic heterocycles. The number of aliphatic carboxylic acids is 1. The van der Waals surface area contributed by atoms with Crippen LogP contribution in [0.3, 0.4) is 0 Å². The van der Waals surface area contributed by atoms with E-state index in [9.17, 15) is 4.79 Å². The van der Waals surface area contributed by atoms with Crippen molar-refractivity contribution in [3.8, 4) is 0 Å². The van der Waals surface area contributed by atoms with E-state index in [2.05, 4.69) is 20.8 Å². The molecule has 1 saturated heterocycles. The van der Waals surface area contributed by atoms with Gasteiger partial charge in [0.2, 0.25) is 0 Å². The van der Waals surface area contributed by atoms with Gasteiger partial charge in [-0.25, -0.2) is 0 Å². The molecular formula is C11H14BrNO3S. The Labute approximate surface area is 112 Å². The van der Waals surface area contributed by atoms with E-state index in [-0.39, 0.29) is 12.5 Å². The maximum absolute atomic E-state index is 11.0. The van der Waals surface area contributed by atoms with Crippen molar-refractivity contribution in [2.45, 2.75) is 12.5 Å². The van der Waals surface area contributed by atoms with Gasteiger partial charge in [-0.3, -0.25) is 9.69 Å². The first-order valence-corrected chi connectivity index (χ1v) is 7.06. The molecule has 4 nitrogen and oxygen atoms in total. The Bertz CT molecular complexity index is 390. The summed E-state index contributed by atoms with van der Waals surface area (Å²) in [6.07, 6.45) is 0.146. The summed E-state index contributed by atoms with van der Waals surface area (Å²) in [5, 5.41) is 9.02. The molecule has 1 aromatic rings. The Hall–Kier alpha value is -0.430. The van der Waals surface area contributed by atoms with Crippen molar-refractivity contribution >= 4 is 33.2 Å². The summed E-state index contributed by atoms with van der Waals surface area (Å²) >= 11 is 5.02. The van der Waals surface area contributed by atoms with Crippen LogP contribution in [0.1, 0.15) is 17.3 Å². The zero-order chi connectivity index (χ0) is 12.3. The second kappa shape index (κ2) is 5.95. The van der Waals surface area contributed by atoms with Gasteiger partial charge in [0, 0.05) is 18.0 Å². The number of ether oxygens (including phenoxy) is 1. The van der Waals surface area contributed by atoms with Crippen LogP contribution in [0.5, 0.6) is 0 Å². The fourth-order valence-electron chi connectivity index (χ4n) is 1.97. The molecule has 0 spiro atoms. The van der Waals surface area contributed by atoms with E-state index in [1.54, 1.807) is 11.3 Å². The van der Waals surface area contributed by atoms with Gasteiger partial charge in [0.15, 0.2) is 0 Å². The number of carbonyl (C=O) groups is 1. The van der Waals surface area contributed by atoms with E-state index in [0.29, 0.717) is 13.2 Å². The maximum atomic E-state index is 11.0. The van der Waals surface area contributed by atoms with Gasteiger partial charge in [-0.15, -0.1) is 11.3 Å². The lowest BCUT2D eigenvalue weighted by atomic mass is 10.1. The molecule has 1 aliphatic rings. The molecular weight excluding hydrogens is 306 g/mol. The van der Waals surface area contributed by atoms with Crippen molar-refractivity contribution in [2.24, 2.45) is 0 Å². The largest absolute Gasteiger partial charge is 0.481 e. The Morgan fingerprint density at radius 1 is 1.53 bits per heavy atom. The molecule has 1 N–H and O–H groups in total. The molecule has 0 radical (unpaired) electrons. The van der Waals surface area contributed by atoms with Crippen LogP contribution >= 0.6 is 27.3 Å². The summed E-state index contributed by atoms with van der Waals surface area (Å²) in [5.41, 5.74) is 0. The molecule has 94 valence electrons. The molecule has 17 heavy (non-hydrogen) atoms. The quantitative estimate of drug-likeness (QED) is 0.925. The summed E-state index contributed by atoms with van der Waals surface area (Å²) in [4.78, 5) is 14.3. The van der Waals surface area contributed by atoms with E-state index in [1.165, 1.54) is 0 Å². The van der Waals surface area contributed by atoms with Crippen molar-refractivity contribution in [3.05, 3.63) is 20.8 Å². The van der Waals surface area contributed by atoms with Crippen LogP contribution in [0.2, 0.25) is 0 Å². The number of nitrogens with zero attached hydrogens (tertiary/aromatic N) is 1. The number of hydrogen-bond acceptors (Lipinski definition) is 4.